The zero-order valence-corrected chi connectivity index (χ0v) is 28.1. The lowest BCUT2D eigenvalue weighted by molar-refractivity contribution is -0.146. The van der Waals surface area contributed by atoms with E-state index < -0.39 is 48.1 Å². The molecule has 49 heavy (non-hydrogen) atoms. The molecular formula is C37H45N5O7. The van der Waals surface area contributed by atoms with Crippen molar-refractivity contribution in [3.63, 3.8) is 0 Å². The van der Waals surface area contributed by atoms with Crippen molar-refractivity contribution >= 4 is 34.6 Å². The number of alkyl carbamates (subject to hydrolysis) is 1. The Morgan fingerprint density at radius 2 is 1.53 bits per heavy atom. The number of hydrogen-bond acceptors (Lipinski definition) is 8. The number of fused-ring (bicyclic) bond motifs is 1. The minimum Gasteiger partial charge on any atom is -0.466 e. The number of benzene rings is 3. The smallest absolute Gasteiger partial charge is 0.408 e. The number of carbonyl (C=O) groups is 4. The summed E-state index contributed by atoms with van der Waals surface area (Å²) < 4.78 is 10.5. The van der Waals surface area contributed by atoms with Crippen molar-refractivity contribution < 1.29 is 33.8 Å². The fraction of sp³-hybridized carbons (Fsp3) is 0.378. The molecule has 0 spiro atoms. The predicted octanol–water partition coefficient (Wildman–Crippen LogP) is 3.97. The Labute approximate surface area is 286 Å². The first-order valence-electron chi connectivity index (χ1n) is 16.5. The summed E-state index contributed by atoms with van der Waals surface area (Å²) in [6.07, 6.45) is 1.44. The van der Waals surface area contributed by atoms with Crippen LogP contribution in [0.5, 0.6) is 0 Å². The third kappa shape index (κ3) is 10.9. The summed E-state index contributed by atoms with van der Waals surface area (Å²) >= 11 is 0. The van der Waals surface area contributed by atoms with Gasteiger partial charge in [0.15, 0.2) is 0 Å². The summed E-state index contributed by atoms with van der Waals surface area (Å²) in [5.41, 5.74) is 2.17. The van der Waals surface area contributed by atoms with Crippen molar-refractivity contribution in [1.82, 2.24) is 25.9 Å². The maximum absolute atomic E-state index is 14.1. The number of rotatable bonds is 17. The van der Waals surface area contributed by atoms with Gasteiger partial charge in [0, 0.05) is 24.7 Å². The van der Waals surface area contributed by atoms with Crippen LogP contribution in [-0.2, 0) is 43.3 Å². The molecule has 5 N–H and O–H groups in total. The van der Waals surface area contributed by atoms with Gasteiger partial charge in [-0.3, -0.25) is 14.4 Å². The van der Waals surface area contributed by atoms with Gasteiger partial charge in [-0.2, -0.15) is 0 Å². The number of H-pyrrole nitrogens is 1. The quantitative estimate of drug-likeness (QED) is 0.105. The van der Waals surface area contributed by atoms with Crippen LogP contribution in [0.2, 0.25) is 0 Å². The van der Waals surface area contributed by atoms with Gasteiger partial charge >= 0.3 is 12.1 Å². The van der Waals surface area contributed by atoms with Gasteiger partial charge in [-0.15, -0.1) is 0 Å². The third-order valence-electron chi connectivity index (χ3n) is 8.40. The average Bonchev–Trinajstić information content (AvgIpc) is 3.62. The number of imidazole rings is 1. The van der Waals surface area contributed by atoms with Crippen LogP contribution in [0.3, 0.4) is 0 Å². The molecule has 0 aliphatic carbocycles. The number of aromatic nitrogens is 2. The Kier molecular flexibility index (Phi) is 13.7. The van der Waals surface area contributed by atoms with Gasteiger partial charge in [-0.25, -0.2) is 9.78 Å². The summed E-state index contributed by atoms with van der Waals surface area (Å²) in [6.45, 7) is 5.60. The lowest BCUT2D eigenvalue weighted by Crippen LogP contribution is -2.58. The lowest BCUT2D eigenvalue weighted by Gasteiger charge is -2.31. The Hall–Kier alpha value is -5.23. The molecule has 0 radical (unpaired) electrons. The molecular weight excluding hydrogens is 626 g/mol. The minimum atomic E-state index is -1.22. The van der Waals surface area contributed by atoms with E-state index in [0.29, 0.717) is 12.1 Å². The Morgan fingerprint density at radius 1 is 0.837 bits per heavy atom. The normalized spacial score (nSPS) is 14.1. The SMILES string of the molecule is CCOC(=O)CC(O)C(NC(=O)[C@@H](Cc1cnc[nH]1)NC(=O)[C@H](Cc1cccc2ccccc12)NC(=O)OCc1ccccc1)C(C)CC. The maximum atomic E-state index is 14.1. The van der Waals surface area contributed by atoms with Crippen molar-refractivity contribution in [2.45, 2.75) is 77.3 Å². The molecule has 0 saturated carbocycles. The largest absolute Gasteiger partial charge is 0.466 e. The fourth-order valence-corrected chi connectivity index (χ4v) is 5.56. The molecule has 5 atom stereocenters. The van der Waals surface area contributed by atoms with E-state index in [1.54, 1.807) is 13.1 Å². The summed E-state index contributed by atoms with van der Waals surface area (Å²) in [4.78, 5) is 60.2. The maximum Gasteiger partial charge on any atom is 0.408 e. The first-order chi connectivity index (χ1) is 23.7. The molecule has 12 nitrogen and oxygen atoms in total. The third-order valence-corrected chi connectivity index (χ3v) is 8.40. The van der Waals surface area contributed by atoms with Gasteiger partial charge < -0.3 is 35.5 Å². The van der Waals surface area contributed by atoms with Crippen molar-refractivity contribution in [3.8, 4) is 0 Å². The highest BCUT2D eigenvalue weighted by molar-refractivity contribution is 5.93. The number of aliphatic hydroxyl groups is 1. The predicted molar refractivity (Wildman–Crippen MR) is 184 cm³/mol. The summed E-state index contributed by atoms with van der Waals surface area (Å²) in [6, 6.07) is 19.6. The number of hydrogen-bond donors (Lipinski definition) is 5. The standard InChI is InChI=1S/C37H45N5O7/c1-4-24(3)34(32(43)20-33(44)48-5-2)42-36(46)31(19-28-21-38-23-39-28)40-35(45)30(41-37(47)49-22-25-12-7-6-8-13-25)18-27-16-11-15-26-14-9-10-17-29(26)27/h6-17,21,23-24,30-32,34,43H,4-5,18-20,22H2,1-3H3,(H,38,39)(H,40,45)(H,41,47)(H,42,46)/t24?,30-,31+,32?,34?/m0/s1. The van der Waals surface area contributed by atoms with Crippen molar-refractivity contribution in [1.29, 1.82) is 0 Å². The van der Waals surface area contributed by atoms with E-state index in [1.165, 1.54) is 6.33 Å². The number of ether oxygens (including phenoxy) is 2. The van der Waals surface area contributed by atoms with E-state index in [-0.39, 0.29) is 38.4 Å². The molecule has 4 aromatic rings. The van der Waals surface area contributed by atoms with E-state index in [4.69, 9.17) is 9.47 Å². The lowest BCUT2D eigenvalue weighted by atomic mass is 9.92. The second-order valence-electron chi connectivity index (χ2n) is 11.9. The zero-order chi connectivity index (χ0) is 35.2. The average molecular weight is 672 g/mol. The Morgan fingerprint density at radius 3 is 2.24 bits per heavy atom. The highest BCUT2D eigenvalue weighted by Gasteiger charge is 2.33. The van der Waals surface area contributed by atoms with Crippen molar-refractivity contribution in [2.75, 3.05) is 6.61 Å². The van der Waals surface area contributed by atoms with Crippen LogP contribution in [0.1, 0.15) is 50.4 Å². The molecule has 0 saturated heterocycles. The van der Waals surface area contributed by atoms with Crippen LogP contribution in [-0.4, -0.2) is 69.8 Å². The van der Waals surface area contributed by atoms with Crippen LogP contribution >= 0.6 is 0 Å². The van der Waals surface area contributed by atoms with Gasteiger partial charge in [-0.05, 0) is 34.7 Å². The van der Waals surface area contributed by atoms with Crippen LogP contribution < -0.4 is 16.0 Å². The van der Waals surface area contributed by atoms with Crippen molar-refractivity contribution in [3.05, 3.63) is 102 Å². The van der Waals surface area contributed by atoms with E-state index in [1.807, 2.05) is 86.6 Å². The second kappa shape index (κ2) is 18.3. The van der Waals surface area contributed by atoms with Gasteiger partial charge in [-0.1, -0.05) is 93.1 Å². The molecule has 1 aromatic heterocycles. The number of aliphatic hydroxyl groups excluding tert-OH is 1. The fourth-order valence-electron chi connectivity index (χ4n) is 5.56. The summed E-state index contributed by atoms with van der Waals surface area (Å²) in [5.74, 6) is -1.98. The van der Waals surface area contributed by atoms with Crippen LogP contribution in [0.4, 0.5) is 4.79 Å². The zero-order valence-electron chi connectivity index (χ0n) is 28.1. The first-order valence-corrected chi connectivity index (χ1v) is 16.5. The van der Waals surface area contributed by atoms with Crippen LogP contribution in [0.15, 0.2) is 85.3 Å². The van der Waals surface area contributed by atoms with E-state index in [9.17, 15) is 24.3 Å². The van der Waals surface area contributed by atoms with E-state index >= 15 is 0 Å². The van der Waals surface area contributed by atoms with Gasteiger partial charge in [0.2, 0.25) is 11.8 Å². The molecule has 3 amide bonds. The highest BCUT2D eigenvalue weighted by Crippen LogP contribution is 2.20. The van der Waals surface area contributed by atoms with E-state index in [0.717, 1.165) is 21.9 Å². The van der Waals surface area contributed by atoms with Crippen LogP contribution in [0, 0.1) is 5.92 Å². The number of carbonyl (C=O) groups excluding carboxylic acids is 4. The Balaban J connectivity index is 1.58. The molecule has 0 aliphatic rings. The molecule has 3 unspecified atom stereocenters. The summed E-state index contributed by atoms with van der Waals surface area (Å²) in [5, 5.41) is 21.3. The number of amides is 3. The molecule has 4 rings (SSSR count). The topological polar surface area (TPSA) is 172 Å². The Bertz CT molecular complexity index is 1660. The molecule has 260 valence electrons. The second-order valence-corrected chi connectivity index (χ2v) is 11.9. The number of esters is 1. The molecule has 1 heterocycles. The number of aromatic amines is 1. The van der Waals surface area contributed by atoms with Crippen LogP contribution in [0.25, 0.3) is 10.8 Å². The first kappa shape index (κ1) is 36.6. The number of nitrogens with zero attached hydrogens (tertiary/aromatic N) is 1. The van der Waals surface area contributed by atoms with Crippen molar-refractivity contribution in [2.24, 2.45) is 5.92 Å². The summed E-state index contributed by atoms with van der Waals surface area (Å²) in [7, 11) is 0. The van der Waals surface area contributed by atoms with Gasteiger partial charge in [0.05, 0.1) is 31.5 Å². The monoisotopic (exact) mass is 671 g/mol. The highest BCUT2D eigenvalue weighted by atomic mass is 16.5. The molecule has 3 aromatic carbocycles. The minimum absolute atomic E-state index is 0.00522. The van der Waals surface area contributed by atoms with Gasteiger partial charge in [0.25, 0.3) is 0 Å². The molecule has 0 aliphatic heterocycles. The van der Waals surface area contributed by atoms with E-state index in [2.05, 4.69) is 25.9 Å². The van der Waals surface area contributed by atoms with Gasteiger partial charge in [0.1, 0.15) is 18.7 Å². The number of nitrogens with one attached hydrogen (secondary N) is 4. The molecule has 12 heteroatoms. The molecule has 0 bridgehead atoms. The molecule has 0 fully saturated rings.